The monoisotopic (exact) mass is 232 g/mol. The predicted molar refractivity (Wildman–Crippen MR) is 79.0 cm³/mol. The SMILES string of the molecule is Nc1ccc2c(N)cc3cccc4ccc1c2c43. The van der Waals surface area contributed by atoms with Crippen LogP contribution in [0, 0.1) is 0 Å². The van der Waals surface area contributed by atoms with Crippen molar-refractivity contribution in [1.82, 2.24) is 0 Å². The molecular weight excluding hydrogens is 220 g/mol. The molecule has 0 amide bonds. The summed E-state index contributed by atoms with van der Waals surface area (Å²) in [5, 5.41) is 7.02. The van der Waals surface area contributed by atoms with Crippen LogP contribution in [0.3, 0.4) is 0 Å². The first-order valence-corrected chi connectivity index (χ1v) is 5.97. The number of nitrogens with two attached hydrogens (primary N) is 2. The van der Waals surface area contributed by atoms with Crippen LogP contribution >= 0.6 is 0 Å². The lowest BCUT2D eigenvalue weighted by Crippen LogP contribution is -1.93. The Labute approximate surface area is 104 Å². The molecule has 4 rings (SSSR count). The minimum Gasteiger partial charge on any atom is -0.398 e. The van der Waals surface area contributed by atoms with E-state index in [9.17, 15) is 0 Å². The van der Waals surface area contributed by atoms with E-state index in [-0.39, 0.29) is 0 Å². The molecule has 4 aromatic carbocycles. The summed E-state index contributed by atoms with van der Waals surface area (Å²) in [5.41, 5.74) is 13.8. The van der Waals surface area contributed by atoms with Gasteiger partial charge in [-0.25, -0.2) is 0 Å². The first-order valence-electron chi connectivity index (χ1n) is 5.97. The van der Waals surface area contributed by atoms with E-state index in [4.69, 9.17) is 11.5 Å². The van der Waals surface area contributed by atoms with Gasteiger partial charge in [0.15, 0.2) is 0 Å². The summed E-state index contributed by atoms with van der Waals surface area (Å²) in [6.45, 7) is 0. The van der Waals surface area contributed by atoms with Crippen LogP contribution in [0.2, 0.25) is 0 Å². The second-order valence-electron chi connectivity index (χ2n) is 4.74. The standard InChI is InChI=1S/C16H12N2/c17-13-7-6-12-14(18)8-10-3-1-2-9-4-5-11(13)16(12)15(9)10/h1-8H,17-18H2. The summed E-state index contributed by atoms with van der Waals surface area (Å²) < 4.78 is 0. The fraction of sp³-hybridized carbons (Fsp3) is 0. The Morgan fingerprint density at radius 2 is 1.33 bits per heavy atom. The largest absolute Gasteiger partial charge is 0.398 e. The predicted octanol–water partition coefficient (Wildman–Crippen LogP) is 3.75. The van der Waals surface area contributed by atoms with E-state index >= 15 is 0 Å². The maximum absolute atomic E-state index is 6.15. The van der Waals surface area contributed by atoms with Gasteiger partial charge >= 0.3 is 0 Å². The number of rotatable bonds is 0. The van der Waals surface area contributed by atoms with Gasteiger partial charge in [-0.2, -0.15) is 0 Å². The summed E-state index contributed by atoms with van der Waals surface area (Å²) in [6.07, 6.45) is 0. The van der Waals surface area contributed by atoms with Crippen molar-refractivity contribution in [3.05, 3.63) is 48.5 Å². The quantitative estimate of drug-likeness (QED) is 0.358. The van der Waals surface area contributed by atoms with Gasteiger partial charge in [0, 0.05) is 27.5 Å². The lowest BCUT2D eigenvalue weighted by atomic mass is 9.93. The fourth-order valence-corrected chi connectivity index (χ4v) is 2.88. The van der Waals surface area contributed by atoms with E-state index in [1.165, 1.54) is 21.5 Å². The van der Waals surface area contributed by atoms with Gasteiger partial charge < -0.3 is 11.5 Å². The molecule has 2 nitrogen and oxygen atoms in total. The van der Waals surface area contributed by atoms with Gasteiger partial charge in [0.2, 0.25) is 0 Å². The van der Waals surface area contributed by atoms with E-state index in [2.05, 4.69) is 30.3 Å². The zero-order chi connectivity index (χ0) is 12.3. The third-order valence-corrected chi connectivity index (χ3v) is 3.71. The molecule has 0 spiro atoms. The van der Waals surface area contributed by atoms with Crippen LogP contribution in [0.5, 0.6) is 0 Å². The number of anilines is 2. The van der Waals surface area contributed by atoms with E-state index < -0.39 is 0 Å². The smallest absolute Gasteiger partial charge is 0.0400 e. The number of benzene rings is 4. The average Bonchev–Trinajstić information content (AvgIpc) is 2.38. The number of hydrogen-bond donors (Lipinski definition) is 2. The Morgan fingerprint density at radius 1 is 0.611 bits per heavy atom. The molecule has 0 heterocycles. The molecule has 0 bridgehead atoms. The molecule has 0 fully saturated rings. The van der Waals surface area contributed by atoms with Crippen LogP contribution < -0.4 is 11.5 Å². The Bertz CT molecular complexity index is 888. The van der Waals surface area contributed by atoms with Gasteiger partial charge in [-0.05, 0) is 28.3 Å². The highest BCUT2D eigenvalue weighted by Gasteiger charge is 2.11. The molecule has 2 heteroatoms. The van der Waals surface area contributed by atoms with Crippen molar-refractivity contribution in [3.63, 3.8) is 0 Å². The van der Waals surface area contributed by atoms with Crippen molar-refractivity contribution in [1.29, 1.82) is 0 Å². The first kappa shape index (κ1) is 9.54. The van der Waals surface area contributed by atoms with E-state index in [1.54, 1.807) is 0 Å². The summed E-state index contributed by atoms with van der Waals surface area (Å²) in [6, 6.07) is 16.5. The molecule has 0 saturated carbocycles. The highest BCUT2D eigenvalue weighted by atomic mass is 14.6. The van der Waals surface area contributed by atoms with Gasteiger partial charge in [-0.3, -0.25) is 0 Å². The van der Waals surface area contributed by atoms with Gasteiger partial charge in [-0.1, -0.05) is 36.4 Å². The zero-order valence-corrected chi connectivity index (χ0v) is 9.77. The Balaban J connectivity index is 2.49. The summed E-state index contributed by atoms with van der Waals surface area (Å²) in [5.74, 6) is 0. The molecule has 4 aromatic rings. The number of nitrogen functional groups attached to an aromatic ring is 2. The van der Waals surface area contributed by atoms with Gasteiger partial charge in [-0.15, -0.1) is 0 Å². The molecule has 0 aliphatic rings. The van der Waals surface area contributed by atoms with Crippen LogP contribution in [0.25, 0.3) is 32.3 Å². The molecule has 4 N–H and O–H groups in total. The topological polar surface area (TPSA) is 52.0 Å². The molecule has 0 radical (unpaired) electrons. The second-order valence-corrected chi connectivity index (χ2v) is 4.74. The second kappa shape index (κ2) is 3.05. The molecule has 18 heavy (non-hydrogen) atoms. The van der Waals surface area contributed by atoms with Crippen LogP contribution in [0.1, 0.15) is 0 Å². The third kappa shape index (κ3) is 1.02. The molecule has 86 valence electrons. The molecule has 0 atom stereocenters. The number of hydrogen-bond acceptors (Lipinski definition) is 2. The van der Waals surface area contributed by atoms with Crippen molar-refractivity contribution >= 4 is 43.7 Å². The zero-order valence-electron chi connectivity index (χ0n) is 9.77. The van der Waals surface area contributed by atoms with E-state index in [0.717, 1.165) is 22.1 Å². The molecule has 0 unspecified atom stereocenters. The first-order chi connectivity index (χ1) is 8.75. The van der Waals surface area contributed by atoms with Crippen molar-refractivity contribution in [2.75, 3.05) is 11.5 Å². The maximum Gasteiger partial charge on any atom is 0.0400 e. The minimum absolute atomic E-state index is 0.806. The lowest BCUT2D eigenvalue weighted by molar-refractivity contribution is 1.75. The molecular formula is C16H12N2. The highest BCUT2D eigenvalue weighted by Crippen LogP contribution is 2.39. The molecule has 0 aromatic heterocycles. The maximum atomic E-state index is 6.15. The molecule has 0 aliphatic carbocycles. The third-order valence-electron chi connectivity index (χ3n) is 3.71. The van der Waals surface area contributed by atoms with Crippen LogP contribution in [0.15, 0.2) is 48.5 Å². The van der Waals surface area contributed by atoms with Crippen molar-refractivity contribution in [2.24, 2.45) is 0 Å². The van der Waals surface area contributed by atoms with Crippen LogP contribution in [-0.2, 0) is 0 Å². The highest BCUT2D eigenvalue weighted by molar-refractivity contribution is 6.27. The summed E-state index contributed by atoms with van der Waals surface area (Å²) in [7, 11) is 0. The van der Waals surface area contributed by atoms with E-state index in [1.807, 2.05) is 18.2 Å². The Hall–Kier alpha value is -2.48. The van der Waals surface area contributed by atoms with Crippen molar-refractivity contribution < 1.29 is 0 Å². The van der Waals surface area contributed by atoms with Crippen LogP contribution in [-0.4, -0.2) is 0 Å². The molecule has 0 saturated heterocycles. The normalized spacial score (nSPS) is 11.8. The van der Waals surface area contributed by atoms with Gasteiger partial charge in [0.1, 0.15) is 0 Å². The minimum atomic E-state index is 0.806. The Kier molecular flexibility index (Phi) is 1.61. The van der Waals surface area contributed by atoms with E-state index in [0.29, 0.717) is 0 Å². The van der Waals surface area contributed by atoms with Gasteiger partial charge in [0.25, 0.3) is 0 Å². The van der Waals surface area contributed by atoms with Crippen molar-refractivity contribution in [2.45, 2.75) is 0 Å². The lowest BCUT2D eigenvalue weighted by Gasteiger charge is -2.13. The fourth-order valence-electron chi connectivity index (χ4n) is 2.88. The van der Waals surface area contributed by atoms with Crippen molar-refractivity contribution in [3.8, 4) is 0 Å². The summed E-state index contributed by atoms with van der Waals surface area (Å²) in [4.78, 5) is 0. The summed E-state index contributed by atoms with van der Waals surface area (Å²) >= 11 is 0. The molecule has 0 aliphatic heterocycles. The Morgan fingerprint density at radius 3 is 2.22 bits per heavy atom. The average molecular weight is 232 g/mol. The van der Waals surface area contributed by atoms with Gasteiger partial charge in [0.05, 0.1) is 0 Å². The van der Waals surface area contributed by atoms with Crippen LogP contribution in [0.4, 0.5) is 11.4 Å².